The van der Waals surface area contributed by atoms with Gasteiger partial charge in [0.05, 0.1) is 11.0 Å². The lowest BCUT2D eigenvalue weighted by molar-refractivity contribution is 1.18. The summed E-state index contributed by atoms with van der Waals surface area (Å²) in [6.07, 6.45) is 3.00. The van der Waals surface area contributed by atoms with Gasteiger partial charge in [0.1, 0.15) is 5.69 Å². The van der Waals surface area contributed by atoms with Gasteiger partial charge in [0.25, 0.3) is 5.56 Å². The summed E-state index contributed by atoms with van der Waals surface area (Å²) in [6, 6.07) is 7.31. The molecule has 2 aromatic rings. The summed E-state index contributed by atoms with van der Waals surface area (Å²) in [6.45, 7) is 0. The smallest absolute Gasteiger partial charge is 0.274 e. The monoisotopic (exact) mass is 246 g/mol. The summed E-state index contributed by atoms with van der Waals surface area (Å²) in [5, 5.41) is 2.74. The van der Waals surface area contributed by atoms with Gasteiger partial charge < -0.3 is 16.0 Å². The molecule has 0 spiro atoms. The van der Waals surface area contributed by atoms with E-state index in [0.29, 0.717) is 11.2 Å². The van der Waals surface area contributed by atoms with Gasteiger partial charge in [-0.25, -0.2) is 4.98 Å². The molecule has 17 heavy (non-hydrogen) atoms. The molecule has 0 fully saturated rings. The number of para-hydroxylation sites is 2. The van der Waals surface area contributed by atoms with E-state index in [-0.39, 0.29) is 10.7 Å². The molecule has 6 heteroatoms. The van der Waals surface area contributed by atoms with Gasteiger partial charge in [0, 0.05) is 6.20 Å². The van der Waals surface area contributed by atoms with Gasteiger partial charge in [-0.05, 0) is 30.4 Å². The predicted octanol–water partition coefficient (Wildman–Crippen LogP) is 0.727. The van der Waals surface area contributed by atoms with Crippen LogP contribution < -0.4 is 16.6 Å². The minimum atomic E-state index is -0.260. The normalized spacial score (nSPS) is 10.8. The van der Waals surface area contributed by atoms with Crippen molar-refractivity contribution in [2.45, 2.75) is 0 Å². The lowest BCUT2D eigenvalue weighted by Crippen LogP contribution is -2.23. The third-order valence-electron chi connectivity index (χ3n) is 2.09. The van der Waals surface area contributed by atoms with Crippen LogP contribution in [0.1, 0.15) is 5.69 Å². The second kappa shape index (κ2) is 4.75. The fraction of sp³-hybridized carbons (Fsp3) is 0. The zero-order valence-electron chi connectivity index (χ0n) is 8.81. The van der Waals surface area contributed by atoms with Crippen LogP contribution in [0.25, 0.3) is 17.1 Å². The van der Waals surface area contributed by atoms with E-state index in [9.17, 15) is 4.79 Å². The Morgan fingerprint density at radius 3 is 3.00 bits per heavy atom. The molecule has 0 saturated carbocycles. The van der Waals surface area contributed by atoms with Gasteiger partial charge >= 0.3 is 0 Å². The Morgan fingerprint density at radius 1 is 1.47 bits per heavy atom. The van der Waals surface area contributed by atoms with Crippen molar-refractivity contribution in [2.75, 3.05) is 0 Å². The van der Waals surface area contributed by atoms with Gasteiger partial charge in [0.2, 0.25) is 0 Å². The molecule has 0 bridgehead atoms. The topological polar surface area (TPSA) is 83.8 Å². The summed E-state index contributed by atoms with van der Waals surface area (Å²) in [5.74, 6) is 0. The fourth-order valence-electron chi connectivity index (χ4n) is 1.36. The number of H-pyrrole nitrogens is 1. The van der Waals surface area contributed by atoms with Crippen LogP contribution in [0.4, 0.5) is 0 Å². The van der Waals surface area contributed by atoms with Gasteiger partial charge in [-0.3, -0.25) is 4.79 Å². The quantitative estimate of drug-likeness (QED) is 0.680. The van der Waals surface area contributed by atoms with E-state index in [1.54, 1.807) is 6.07 Å². The summed E-state index contributed by atoms with van der Waals surface area (Å²) in [5.41, 5.74) is 6.72. The molecule has 0 amide bonds. The minimum absolute atomic E-state index is 0.137. The van der Waals surface area contributed by atoms with Crippen molar-refractivity contribution in [3.8, 4) is 0 Å². The summed E-state index contributed by atoms with van der Waals surface area (Å²) in [4.78, 5) is 18.6. The fourth-order valence-corrected chi connectivity index (χ4v) is 1.43. The number of fused-ring (bicyclic) bond motifs is 1. The Bertz CT molecular complexity index is 647. The van der Waals surface area contributed by atoms with E-state index in [2.05, 4.69) is 27.5 Å². The van der Waals surface area contributed by atoms with Crippen LogP contribution in [0.5, 0.6) is 0 Å². The average Bonchev–Trinajstić information content (AvgIpc) is 2.29. The molecule has 0 unspecified atom stereocenters. The van der Waals surface area contributed by atoms with E-state index in [1.165, 1.54) is 12.3 Å². The van der Waals surface area contributed by atoms with Crippen LogP contribution in [-0.2, 0) is 0 Å². The highest BCUT2D eigenvalue weighted by Crippen LogP contribution is 2.06. The highest BCUT2D eigenvalue weighted by molar-refractivity contribution is 7.80. The van der Waals surface area contributed by atoms with Crippen molar-refractivity contribution in [1.29, 1.82) is 0 Å². The molecule has 2 rings (SSSR count). The maximum atomic E-state index is 11.6. The van der Waals surface area contributed by atoms with Crippen LogP contribution in [-0.4, -0.2) is 15.1 Å². The lowest BCUT2D eigenvalue weighted by atomic mass is 10.3. The molecular weight excluding hydrogens is 236 g/mol. The molecule has 0 radical (unpaired) electrons. The third kappa shape index (κ3) is 2.67. The Labute approximate surface area is 102 Å². The highest BCUT2D eigenvalue weighted by Gasteiger charge is 2.00. The Balaban J connectivity index is 2.41. The van der Waals surface area contributed by atoms with Crippen molar-refractivity contribution >= 4 is 34.4 Å². The minimum Gasteiger partial charge on any atom is -0.376 e. The first-order chi connectivity index (χ1) is 8.16. The predicted molar refractivity (Wildman–Crippen MR) is 71.3 cm³/mol. The van der Waals surface area contributed by atoms with Crippen LogP contribution in [0.3, 0.4) is 0 Å². The van der Waals surface area contributed by atoms with Gasteiger partial charge in [-0.2, -0.15) is 0 Å². The van der Waals surface area contributed by atoms with E-state index >= 15 is 0 Å². The third-order valence-corrected chi connectivity index (χ3v) is 2.21. The molecule has 4 N–H and O–H groups in total. The number of rotatable bonds is 2. The molecule has 5 nitrogen and oxygen atoms in total. The number of aromatic amines is 1. The molecular formula is C11H10N4OS. The SMILES string of the molecule is NC(=S)N/C=C\c1nc2ccccc2[nH]c1=O. The first-order valence-corrected chi connectivity index (χ1v) is 5.29. The maximum absolute atomic E-state index is 11.6. The Hall–Kier alpha value is -2.21. The molecule has 1 aromatic heterocycles. The maximum Gasteiger partial charge on any atom is 0.274 e. The zero-order chi connectivity index (χ0) is 12.3. The van der Waals surface area contributed by atoms with Crippen molar-refractivity contribution in [2.24, 2.45) is 5.73 Å². The largest absolute Gasteiger partial charge is 0.376 e. The molecule has 0 aliphatic carbocycles. The van der Waals surface area contributed by atoms with Crippen molar-refractivity contribution in [3.63, 3.8) is 0 Å². The van der Waals surface area contributed by atoms with Crippen LogP contribution >= 0.6 is 12.2 Å². The first kappa shape index (κ1) is 11.3. The molecule has 0 aliphatic heterocycles. The van der Waals surface area contributed by atoms with Crippen LogP contribution in [0.2, 0.25) is 0 Å². The van der Waals surface area contributed by atoms with Crippen LogP contribution in [0, 0.1) is 0 Å². The van der Waals surface area contributed by atoms with E-state index in [0.717, 1.165) is 5.52 Å². The number of nitrogens with one attached hydrogen (secondary N) is 2. The summed E-state index contributed by atoms with van der Waals surface area (Å²) < 4.78 is 0. The van der Waals surface area contributed by atoms with Gasteiger partial charge in [-0.1, -0.05) is 12.1 Å². The Kier molecular flexibility index (Phi) is 3.15. The standard InChI is InChI=1S/C11H10N4OS/c12-11(17)13-6-5-9-10(16)15-8-4-2-1-3-7(8)14-9/h1-6H,(H,15,16)(H3,12,13,17)/b6-5-. The van der Waals surface area contributed by atoms with Crippen LogP contribution in [0.15, 0.2) is 35.3 Å². The number of hydrogen-bond donors (Lipinski definition) is 3. The average molecular weight is 246 g/mol. The molecule has 0 atom stereocenters. The second-order valence-corrected chi connectivity index (χ2v) is 3.75. The molecule has 1 aromatic carbocycles. The van der Waals surface area contributed by atoms with Crippen molar-refractivity contribution < 1.29 is 0 Å². The number of benzene rings is 1. The number of nitrogens with zero attached hydrogens (tertiary/aromatic N) is 1. The number of nitrogens with two attached hydrogens (primary N) is 1. The molecule has 0 saturated heterocycles. The zero-order valence-corrected chi connectivity index (χ0v) is 9.62. The first-order valence-electron chi connectivity index (χ1n) is 4.88. The van der Waals surface area contributed by atoms with E-state index < -0.39 is 0 Å². The summed E-state index contributed by atoms with van der Waals surface area (Å²) >= 11 is 4.63. The lowest BCUT2D eigenvalue weighted by Gasteiger charge is -1.98. The molecule has 1 heterocycles. The number of aromatic nitrogens is 2. The molecule has 86 valence electrons. The number of thiocarbonyl (C=S) groups is 1. The number of hydrogen-bond acceptors (Lipinski definition) is 3. The Morgan fingerprint density at radius 2 is 2.24 bits per heavy atom. The van der Waals surface area contributed by atoms with Crippen molar-refractivity contribution in [3.05, 3.63) is 46.5 Å². The second-order valence-electron chi connectivity index (χ2n) is 3.31. The molecule has 0 aliphatic rings. The highest BCUT2D eigenvalue weighted by atomic mass is 32.1. The van der Waals surface area contributed by atoms with Crippen molar-refractivity contribution in [1.82, 2.24) is 15.3 Å². The summed E-state index contributed by atoms with van der Waals surface area (Å²) in [7, 11) is 0. The van der Waals surface area contributed by atoms with Gasteiger partial charge in [0.15, 0.2) is 5.11 Å². The van der Waals surface area contributed by atoms with Gasteiger partial charge in [-0.15, -0.1) is 0 Å². The van der Waals surface area contributed by atoms with E-state index in [4.69, 9.17) is 5.73 Å². The van der Waals surface area contributed by atoms with E-state index in [1.807, 2.05) is 18.2 Å².